The minimum atomic E-state index is 0. The maximum atomic E-state index is 5.14. The van der Waals surface area contributed by atoms with Gasteiger partial charge in [-0.25, -0.2) is 0 Å². The lowest BCUT2D eigenvalue weighted by atomic mass is 9.99. The predicted octanol–water partition coefficient (Wildman–Crippen LogP) is 3.24. The minimum absolute atomic E-state index is 0. The van der Waals surface area contributed by atoms with E-state index in [1.54, 1.807) is 7.11 Å². The van der Waals surface area contributed by atoms with Crippen LogP contribution in [-0.4, -0.2) is 51.2 Å². The molecule has 2 rings (SSSR count). The van der Waals surface area contributed by atoms with Gasteiger partial charge in [-0.15, -0.1) is 24.0 Å². The topological polar surface area (TPSA) is 48.9 Å². The van der Waals surface area contributed by atoms with Crippen LogP contribution in [0.15, 0.2) is 29.3 Å². The zero-order valence-corrected chi connectivity index (χ0v) is 18.8. The third-order valence-corrected chi connectivity index (χ3v) is 4.84. The number of nitrogens with zero attached hydrogens (tertiary/aromatic N) is 2. The standard InChI is InChI=1S/C20H34N4O.HI/c1-17-9-13-24(14-10-17)12-4-11-22-20(21-2)23-15-18-5-7-19(8-6-18)16-25-3;/h5-8,17H,4,9-16H2,1-3H3,(H2,21,22,23);1H. The first-order valence-corrected chi connectivity index (χ1v) is 9.45. The van der Waals surface area contributed by atoms with Crippen molar-refractivity contribution in [3.05, 3.63) is 35.4 Å². The van der Waals surface area contributed by atoms with E-state index in [9.17, 15) is 0 Å². The summed E-state index contributed by atoms with van der Waals surface area (Å²) in [7, 11) is 3.54. The van der Waals surface area contributed by atoms with Crippen molar-refractivity contribution in [3.8, 4) is 0 Å². The van der Waals surface area contributed by atoms with Gasteiger partial charge in [0.15, 0.2) is 5.96 Å². The van der Waals surface area contributed by atoms with Gasteiger partial charge in [0.25, 0.3) is 0 Å². The lowest BCUT2D eigenvalue weighted by Crippen LogP contribution is -2.39. The van der Waals surface area contributed by atoms with E-state index in [4.69, 9.17) is 4.74 Å². The number of guanidine groups is 1. The van der Waals surface area contributed by atoms with Gasteiger partial charge < -0.3 is 20.3 Å². The average molecular weight is 474 g/mol. The lowest BCUT2D eigenvalue weighted by molar-refractivity contribution is 0.185. The van der Waals surface area contributed by atoms with E-state index in [1.807, 2.05) is 7.05 Å². The van der Waals surface area contributed by atoms with Gasteiger partial charge in [-0.2, -0.15) is 0 Å². The molecule has 148 valence electrons. The van der Waals surface area contributed by atoms with Gasteiger partial charge in [0.05, 0.1) is 6.61 Å². The predicted molar refractivity (Wildman–Crippen MR) is 120 cm³/mol. The summed E-state index contributed by atoms with van der Waals surface area (Å²) in [6.07, 6.45) is 3.85. The molecule has 0 amide bonds. The first kappa shape index (κ1) is 23.2. The molecule has 0 aliphatic carbocycles. The Balaban J connectivity index is 0.00000338. The van der Waals surface area contributed by atoms with Crippen molar-refractivity contribution in [3.63, 3.8) is 0 Å². The van der Waals surface area contributed by atoms with E-state index in [1.165, 1.54) is 43.6 Å². The zero-order valence-electron chi connectivity index (χ0n) is 16.5. The van der Waals surface area contributed by atoms with Crippen LogP contribution in [0, 0.1) is 5.92 Å². The number of hydrogen-bond acceptors (Lipinski definition) is 3. The van der Waals surface area contributed by atoms with Gasteiger partial charge in [-0.1, -0.05) is 31.2 Å². The maximum Gasteiger partial charge on any atom is 0.191 e. The van der Waals surface area contributed by atoms with Crippen molar-refractivity contribution < 1.29 is 4.74 Å². The molecular formula is C20H35IN4O. The van der Waals surface area contributed by atoms with Crippen LogP contribution in [-0.2, 0) is 17.9 Å². The Bertz CT molecular complexity index is 513. The molecule has 0 aromatic heterocycles. The number of ether oxygens (including phenoxy) is 1. The number of hydrogen-bond donors (Lipinski definition) is 2. The SMILES string of the molecule is CN=C(NCCCN1CCC(C)CC1)NCc1ccc(COC)cc1.I. The summed E-state index contributed by atoms with van der Waals surface area (Å²) in [5.74, 6) is 1.77. The Morgan fingerprint density at radius 2 is 1.81 bits per heavy atom. The maximum absolute atomic E-state index is 5.14. The van der Waals surface area contributed by atoms with Gasteiger partial charge in [-0.05, 0) is 55.9 Å². The van der Waals surface area contributed by atoms with E-state index < -0.39 is 0 Å². The fourth-order valence-corrected chi connectivity index (χ4v) is 3.12. The molecule has 5 nitrogen and oxygen atoms in total. The second-order valence-electron chi connectivity index (χ2n) is 6.98. The Hall–Kier alpha value is -0.860. The summed E-state index contributed by atoms with van der Waals surface area (Å²) in [5, 5.41) is 6.79. The summed E-state index contributed by atoms with van der Waals surface area (Å²) >= 11 is 0. The molecule has 2 N–H and O–H groups in total. The molecule has 0 saturated carbocycles. The van der Waals surface area contributed by atoms with Crippen LogP contribution in [0.3, 0.4) is 0 Å². The molecular weight excluding hydrogens is 439 g/mol. The van der Waals surface area contributed by atoms with Crippen molar-refractivity contribution in [1.82, 2.24) is 15.5 Å². The molecule has 1 aliphatic rings. The third-order valence-electron chi connectivity index (χ3n) is 4.84. The van der Waals surface area contributed by atoms with E-state index in [0.29, 0.717) is 6.61 Å². The van der Waals surface area contributed by atoms with Crippen LogP contribution in [0.2, 0.25) is 0 Å². The van der Waals surface area contributed by atoms with Crippen molar-refractivity contribution in [2.75, 3.05) is 40.3 Å². The number of methoxy groups -OCH3 is 1. The van der Waals surface area contributed by atoms with Crippen LogP contribution in [0.5, 0.6) is 0 Å². The summed E-state index contributed by atoms with van der Waals surface area (Å²) in [4.78, 5) is 6.89. The summed E-state index contributed by atoms with van der Waals surface area (Å²) in [5.41, 5.74) is 2.44. The molecule has 0 radical (unpaired) electrons. The Morgan fingerprint density at radius 1 is 1.15 bits per heavy atom. The van der Waals surface area contributed by atoms with Gasteiger partial charge in [0.1, 0.15) is 0 Å². The molecule has 0 spiro atoms. The highest BCUT2D eigenvalue weighted by Gasteiger charge is 2.14. The van der Waals surface area contributed by atoms with Gasteiger partial charge in [0, 0.05) is 27.2 Å². The van der Waals surface area contributed by atoms with E-state index >= 15 is 0 Å². The van der Waals surface area contributed by atoms with Crippen LogP contribution in [0.25, 0.3) is 0 Å². The number of aliphatic imine (C=N–C) groups is 1. The smallest absolute Gasteiger partial charge is 0.191 e. The zero-order chi connectivity index (χ0) is 17.9. The van der Waals surface area contributed by atoms with Gasteiger partial charge in [0.2, 0.25) is 0 Å². The number of rotatable bonds is 8. The van der Waals surface area contributed by atoms with E-state index in [0.717, 1.165) is 31.4 Å². The minimum Gasteiger partial charge on any atom is -0.380 e. The van der Waals surface area contributed by atoms with Crippen molar-refractivity contribution in [1.29, 1.82) is 0 Å². The van der Waals surface area contributed by atoms with Gasteiger partial charge in [-0.3, -0.25) is 4.99 Å². The summed E-state index contributed by atoms with van der Waals surface area (Å²) in [6, 6.07) is 8.48. The summed E-state index contributed by atoms with van der Waals surface area (Å²) in [6.45, 7) is 8.44. The molecule has 0 unspecified atom stereocenters. The highest BCUT2D eigenvalue weighted by molar-refractivity contribution is 14.0. The fraction of sp³-hybridized carbons (Fsp3) is 0.650. The highest BCUT2D eigenvalue weighted by atomic mass is 127. The molecule has 1 fully saturated rings. The first-order chi connectivity index (χ1) is 12.2. The molecule has 1 aromatic rings. The normalized spacial score (nSPS) is 16.2. The first-order valence-electron chi connectivity index (χ1n) is 9.45. The lowest BCUT2D eigenvalue weighted by Gasteiger charge is -2.30. The molecule has 1 aromatic carbocycles. The number of piperidine rings is 1. The summed E-state index contributed by atoms with van der Waals surface area (Å²) < 4.78 is 5.14. The highest BCUT2D eigenvalue weighted by Crippen LogP contribution is 2.15. The molecule has 26 heavy (non-hydrogen) atoms. The monoisotopic (exact) mass is 474 g/mol. The second kappa shape index (κ2) is 13.3. The van der Waals surface area contributed by atoms with E-state index in [2.05, 4.69) is 51.7 Å². The van der Waals surface area contributed by atoms with Crippen molar-refractivity contribution >= 4 is 29.9 Å². The fourth-order valence-electron chi connectivity index (χ4n) is 3.12. The van der Waals surface area contributed by atoms with Crippen molar-refractivity contribution in [2.24, 2.45) is 10.9 Å². The van der Waals surface area contributed by atoms with Crippen LogP contribution in [0.4, 0.5) is 0 Å². The van der Waals surface area contributed by atoms with Crippen LogP contribution >= 0.6 is 24.0 Å². The molecule has 1 heterocycles. The molecule has 1 saturated heterocycles. The third kappa shape index (κ3) is 8.68. The number of likely N-dealkylation sites (tertiary alicyclic amines) is 1. The average Bonchev–Trinajstić information content (AvgIpc) is 2.64. The van der Waals surface area contributed by atoms with Crippen LogP contribution in [0.1, 0.15) is 37.3 Å². The van der Waals surface area contributed by atoms with Crippen LogP contribution < -0.4 is 10.6 Å². The molecule has 1 aliphatic heterocycles. The Labute approximate surface area is 176 Å². The number of halogens is 1. The number of benzene rings is 1. The molecule has 0 bridgehead atoms. The second-order valence-corrected chi connectivity index (χ2v) is 6.98. The Morgan fingerprint density at radius 3 is 2.42 bits per heavy atom. The molecule has 6 heteroatoms. The molecule has 0 atom stereocenters. The van der Waals surface area contributed by atoms with E-state index in [-0.39, 0.29) is 24.0 Å². The quantitative estimate of drug-likeness (QED) is 0.263. The number of nitrogens with one attached hydrogen (secondary N) is 2. The van der Waals surface area contributed by atoms with Crippen molar-refractivity contribution in [2.45, 2.75) is 39.3 Å². The Kier molecular flexibility index (Phi) is 11.9. The van der Waals surface area contributed by atoms with Gasteiger partial charge >= 0.3 is 0 Å². The largest absolute Gasteiger partial charge is 0.380 e.